The summed E-state index contributed by atoms with van der Waals surface area (Å²) in [6, 6.07) is 4.85. The average molecular weight is 293 g/mol. The van der Waals surface area contributed by atoms with E-state index in [4.69, 9.17) is 5.73 Å². The summed E-state index contributed by atoms with van der Waals surface area (Å²) in [4.78, 5) is 28.2. The van der Waals surface area contributed by atoms with Crippen LogP contribution >= 0.6 is 11.8 Å². The highest BCUT2D eigenvalue weighted by Gasteiger charge is 2.20. The highest BCUT2D eigenvalue weighted by atomic mass is 32.2. The van der Waals surface area contributed by atoms with E-state index in [1.54, 1.807) is 0 Å². The third-order valence-corrected chi connectivity index (χ3v) is 3.15. The molecule has 9 nitrogen and oxygen atoms in total. The van der Waals surface area contributed by atoms with Gasteiger partial charge in [-0.25, -0.2) is 9.97 Å². The third-order valence-electron chi connectivity index (χ3n) is 2.21. The van der Waals surface area contributed by atoms with E-state index in [0.717, 1.165) is 17.8 Å². The summed E-state index contributed by atoms with van der Waals surface area (Å²) < 4.78 is 0. The number of aromatic nitrogens is 2. The van der Waals surface area contributed by atoms with Crippen LogP contribution < -0.4 is 5.73 Å². The van der Waals surface area contributed by atoms with Crippen molar-refractivity contribution in [2.45, 2.75) is 10.1 Å². The van der Waals surface area contributed by atoms with E-state index in [1.807, 2.05) is 0 Å². The Kier molecular flexibility index (Phi) is 3.75. The zero-order valence-corrected chi connectivity index (χ0v) is 10.6. The fraction of sp³-hybridized carbons (Fsp3) is 0. The van der Waals surface area contributed by atoms with Gasteiger partial charge in [-0.05, 0) is 23.9 Å². The second-order valence-electron chi connectivity index (χ2n) is 3.53. The second-order valence-corrected chi connectivity index (χ2v) is 4.54. The first-order valence-corrected chi connectivity index (χ1v) is 5.98. The Bertz CT molecular complexity index is 693. The lowest BCUT2D eigenvalue weighted by Crippen LogP contribution is -1.96. The molecular formula is C10H7N5O4S. The Hall–Kier alpha value is -2.75. The minimum Gasteiger partial charge on any atom is -0.384 e. The maximum Gasteiger partial charge on any atom is 0.290 e. The van der Waals surface area contributed by atoms with Crippen molar-refractivity contribution in [2.75, 3.05) is 5.73 Å². The Morgan fingerprint density at radius 2 is 1.90 bits per heavy atom. The van der Waals surface area contributed by atoms with Gasteiger partial charge in [-0.2, -0.15) is 0 Å². The van der Waals surface area contributed by atoms with Gasteiger partial charge in [0.05, 0.1) is 20.8 Å². The quantitative estimate of drug-likeness (QED) is 0.513. The number of hydrogen-bond acceptors (Lipinski definition) is 8. The molecule has 0 saturated carbocycles. The Labute approximate surface area is 116 Å². The summed E-state index contributed by atoms with van der Waals surface area (Å²) in [5.41, 5.74) is 4.75. The molecule has 2 rings (SSSR count). The monoisotopic (exact) mass is 293 g/mol. The maximum absolute atomic E-state index is 11.0. The summed E-state index contributed by atoms with van der Waals surface area (Å²) in [5, 5.41) is 21.8. The normalized spacial score (nSPS) is 10.2. The molecule has 1 heterocycles. The predicted molar refractivity (Wildman–Crippen MR) is 70.3 cm³/mol. The van der Waals surface area contributed by atoms with Crippen LogP contribution in [-0.2, 0) is 0 Å². The average Bonchev–Trinajstić information content (AvgIpc) is 2.38. The summed E-state index contributed by atoms with van der Waals surface area (Å²) in [6.07, 6.45) is 1.42. The number of benzene rings is 1. The van der Waals surface area contributed by atoms with Crippen LogP contribution in [0.4, 0.5) is 17.2 Å². The van der Waals surface area contributed by atoms with Crippen LogP contribution in [0.15, 0.2) is 40.5 Å². The van der Waals surface area contributed by atoms with Gasteiger partial charge < -0.3 is 5.73 Å². The molecule has 0 atom stereocenters. The third kappa shape index (κ3) is 2.98. The van der Waals surface area contributed by atoms with Crippen LogP contribution in [0, 0.1) is 20.2 Å². The molecule has 0 amide bonds. The number of nitro benzene ring substituents is 2. The van der Waals surface area contributed by atoms with Crippen LogP contribution in [0.1, 0.15) is 0 Å². The van der Waals surface area contributed by atoms with Gasteiger partial charge in [0.25, 0.3) is 11.4 Å². The molecule has 1 aromatic carbocycles. The van der Waals surface area contributed by atoms with E-state index in [9.17, 15) is 20.2 Å². The number of rotatable bonds is 4. The molecule has 102 valence electrons. The summed E-state index contributed by atoms with van der Waals surface area (Å²) in [7, 11) is 0. The van der Waals surface area contributed by atoms with Gasteiger partial charge in [0.1, 0.15) is 5.82 Å². The molecule has 0 unspecified atom stereocenters. The summed E-state index contributed by atoms with van der Waals surface area (Å²) in [5.74, 6) is 0.229. The molecule has 0 bridgehead atoms. The van der Waals surface area contributed by atoms with Gasteiger partial charge in [-0.3, -0.25) is 20.2 Å². The minimum atomic E-state index is -0.696. The zero-order valence-electron chi connectivity index (χ0n) is 9.79. The van der Waals surface area contributed by atoms with Crippen LogP contribution in [0.5, 0.6) is 0 Å². The number of nitro groups is 2. The SMILES string of the molecule is Nc1ccnc(Sc2ccc([N+](=O)[O-])cc2[N+](=O)[O-])n1. The van der Waals surface area contributed by atoms with Crippen molar-refractivity contribution < 1.29 is 9.85 Å². The molecular weight excluding hydrogens is 286 g/mol. The van der Waals surface area contributed by atoms with Gasteiger partial charge in [-0.15, -0.1) is 0 Å². The van der Waals surface area contributed by atoms with Crippen molar-refractivity contribution in [1.29, 1.82) is 0 Å². The molecule has 2 N–H and O–H groups in total. The Morgan fingerprint density at radius 1 is 1.15 bits per heavy atom. The molecule has 1 aromatic heterocycles. The lowest BCUT2D eigenvalue weighted by molar-refractivity contribution is -0.396. The summed E-state index contributed by atoms with van der Waals surface area (Å²) >= 11 is 0.911. The lowest BCUT2D eigenvalue weighted by atomic mass is 10.3. The number of nitrogens with two attached hydrogens (primary N) is 1. The topological polar surface area (TPSA) is 138 Å². The van der Waals surface area contributed by atoms with Gasteiger partial charge in [-0.1, -0.05) is 0 Å². The minimum absolute atomic E-state index is 0.200. The van der Waals surface area contributed by atoms with E-state index in [1.165, 1.54) is 24.4 Å². The molecule has 0 saturated heterocycles. The summed E-state index contributed by atoms with van der Waals surface area (Å²) in [6.45, 7) is 0. The van der Waals surface area contributed by atoms with Crippen LogP contribution in [-0.4, -0.2) is 19.8 Å². The van der Waals surface area contributed by atoms with Gasteiger partial charge in [0, 0.05) is 12.3 Å². The van der Waals surface area contributed by atoms with E-state index < -0.39 is 9.85 Å². The maximum atomic E-state index is 11.0. The molecule has 0 radical (unpaired) electrons. The smallest absolute Gasteiger partial charge is 0.290 e. The highest BCUT2D eigenvalue weighted by molar-refractivity contribution is 7.99. The number of hydrogen-bond donors (Lipinski definition) is 1. The van der Waals surface area contributed by atoms with Crippen LogP contribution in [0.25, 0.3) is 0 Å². The first-order valence-electron chi connectivity index (χ1n) is 5.16. The highest BCUT2D eigenvalue weighted by Crippen LogP contribution is 2.35. The van der Waals surface area contributed by atoms with E-state index in [0.29, 0.717) is 0 Å². The largest absolute Gasteiger partial charge is 0.384 e. The number of non-ortho nitro benzene ring substituents is 1. The molecule has 2 aromatic rings. The zero-order chi connectivity index (χ0) is 14.7. The molecule has 0 spiro atoms. The van der Waals surface area contributed by atoms with Crippen molar-refractivity contribution in [3.8, 4) is 0 Å². The fourth-order valence-electron chi connectivity index (χ4n) is 1.35. The first-order chi connectivity index (χ1) is 9.47. The molecule has 10 heteroatoms. The molecule has 0 fully saturated rings. The number of anilines is 1. The van der Waals surface area contributed by atoms with Gasteiger partial charge >= 0.3 is 0 Å². The van der Waals surface area contributed by atoms with E-state index in [-0.39, 0.29) is 27.2 Å². The van der Waals surface area contributed by atoms with Crippen LogP contribution in [0.3, 0.4) is 0 Å². The number of nitrogen functional groups attached to an aromatic ring is 1. The molecule has 0 aliphatic rings. The van der Waals surface area contributed by atoms with E-state index >= 15 is 0 Å². The van der Waals surface area contributed by atoms with E-state index in [2.05, 4.69) is 9.97 Å². The van der Waals surface area contributed by atoms with Crippen LogP contribution in [0.2, 0.25) is 0 Å². The second kappa shape index (κ2) is 5.48. The first kappa shape index (κ1) is 13.7. The fourth-order valence-corrected chi connectivity index (χ4v) is 2.19. The van der Waals surface area contributed by atoms with Gasteiger partial charge in [0.15, 0.2) is 5.16 Å². The van der Waals surface area contributed by atoms with Crippen molar-refractivity contribution in [3.63, 3.8) is 0 Å². The van der Waals surface area contributed by atoms with Crippen molar-refractivity contribution in [1.82, 2.24) is 9.97 Å². The lowest BCUT2D eigenvalue weighted by Gasteiger charge is -2.02. The Balaban J connectivity index is 2.41. The van der Waals surface area contributed by atoms with Gasteiger partial charge in [0.2, 0.25) is 0 Å². The number of nitrogens with zero attached hydrogens (tertiary/aromatic N) is 4. The van der Waals surface area contributed by atoms with Crippen molar-refractivity contribution in [3.05, 3.63) is 50.7 Å². The molecule has 20 heavy (non-hydrogen) atoms. The Morgan fingerprint density at radius 3 is 2.50 bits per heavy atom. The van der Waals surface area contributed by atoms with Crippen molar-refractivity contribution in [2.24, 2.45) is 0 Å². The molecule has 0 aliphatic carbocycles. The molecule has 0 aliphatic heterocycles. The standard InChI is InChI=1S/C10H7N5O4S/c11-9-3-4-12-10(13-9)20-8-2-1-6(14(16)17)5-7(8)15(18)19/h1-5H,(H2,11,12,13). The predicted octanol–water partition coefficient (Wildman–Crippen LogP) is 2.03. The van der Waals surface area contributed by atoms with Crippen molar-refractivity contribution >= 4 is 29.0 Å².